The van der Waals surface area contributed by atoms with Crippen LogP contribution in [0.3, 0.4) is 0 Å². The van der Waals surface area contributed by atoms with E-state index in [1.165, 1.54) is 11.0 Å². The maximum atomic E-state index is 12.5. The average Bonchev–Trinajstić information content (AvgIpc) is 2.67. The first-order valence-corrected chi connectivity index (χ1v) is 8.89. The summed E-state index contributed by atoms with van der Waals surface area (Å²) in [6, 6.07) is 9.81. The normalized spacial score (nSPS) is 11.0. The van der Waals surface area contributed by atoms with Gasteiger partial charge in [-0.25, -0.2) is 0 Å². The number of ether oxygens (including phenoxy) is 2. The summed E-state index contributed by atoms with van der Waals surface area (Å²) >= 11 is 0. The van der Waals surface area contributed by atoms with Gasteiger partial charge in [-0.15, -0.1) is 0 Å². The number of allylic oxidation sites excluding steroid dienone is 1. The first kappa shape index (κ1) is 22.1. The molecule has 0 N–H and O–H groups in total. The number of carbonyl (C=O) groups is 2. The van der Waals surface area contributed by atoms with E-state index in [0.29, 0.717) is 28.0 Å². The number of halogens is 2. The largest absolute Gasteiger partial charge is 0.484 e. The highest BCUT2D eigenvalue weighted by Gasteiger charge is 2.11. The molecule has 0 bridgehead atoms. The van der Waals surface area contributed by atoms with Crippen LogP contribution in [0.4, 0.5) is 8.78 Å². The number of nitrogens with zero attached hydrogens (tertiary/aromatic N) is 1. The van der Waals surface area contributed by atoms with Crippen molar-refractivity contribution in [1.82, 2.24) is 4.90 Å². The molecule has 29 heavy (non-hydrogen) atoms. The summed E-state index contributed by atoms with van der Waals surface area (Å²) in [5, 5.41) is 0. The Morgan fingerprint density at radius 1 is 1.07 bits per heavy atom. The Morgan fingerprint density at radius 3 is 2.17 bits per heavy atom. The number of benzene rings is 2. The van der Waals surface area contributed by atoms with Gasteiger partial charge in [0.25, 0.3) is 5.91 Å². The molecule has 1 amide bonds. The number of aryl methyl sites for hydroxylation is 2. The minimum atomic E-state index is -2.89. The number of hydrogen-bond donors (Lipinski definition) is 0. The van der Waals surface area contributed by atoms with Crippen molar-refractivity contribution in [3.05, 3.63) is 64.7 Å². The van der Waals surface area contributed by atoms with Crippen LogP contribution in [0, 0.1) is 13.8 Å². The lowest BCUT2D eigenvalue weighted by molar-refractivity contribution is -0.130. The number of likely N-dealkylation sites (N-methyl/N-ethyl adjacent to an activating group) is 1. The molecule has 2 rings (SSSR count). The molecule has 0 unspecified atom stereocenters. The number of alkyl halides is 2. The average molecular weight is 403 g/mol. The first-order valence-electron chi connectivity index (χ1n) is 8.89. The third kappa shape index (κ3) is 6.41. The van der Waals surface area contributed by atoms with Gasteiger partial charge in [-0.05, 0) is 73.0 Å². The van der Waals surface area contributed by atoms with Crippen molar-refractivity contribution in [1.29, 1.82) is 0 Å². The van der Waals surface area contributed by atoms with Crippen LogP contribution in [0.15, 0.2) is 42.5 Å². The standard InChI is InChI=1S/C22H23F2NO4/c1-14-11-16(12-15(2)21(14)29-22(23)24)5-10-19(26)17-6-8-18(9-7-17)28-13-20(27)25(3)4/h5-12,22H,13H2,1-4H3. The summed E-state index contributed by atoms with van der Waals surface area (Å²) in [7, 11) is 3.28. The lowest BCUT2D eigenvalue weighted by Crippen LogP contribution is -2.27. The van der Waals surface area contributed by atoms with Crippen molar-refractivity contribution in [3.63, 3.8) is 0 Å². The van der Waals surface area contributed by atoms with Crippen LogP contribution >= 0.6 is 0 Å². The zero-order valence-electron chi connectivity index (χ0n) is 16.7. The van der Waals surface area contributed by atoms with Crippen molar-refractivity contribution < 1.29 is 27.8 Å². The van der Waals surface area contributed by atoms with Gasteiger partial charge in [-0.1, -0.05) is 6.08 Å². The molecule has 0 heterocycles. The Kier molecular flexibility index (Phi) is 7.47. The Morgan fingerprint density at radius 2 is 1.66 bits per heavy atom. The van der Waals surface area contributed by atoms with Crippen LogP contribution < -0.4 is 9.47 Å². The fraction of sp³-hybridized carbons (Fsp3) is 0.273. The van der Waals surface area contributed by atoms with Gasteiger partial charge in [0.1, 0.15) is 11.5 Å². The van der Waals surface area contributed by atoms with E-state index in [-0.39, 0.29) is 24.0 Å². The van der Waals surface area contributed by atoms with Crippen LogP contribution in [0.1, 0.15) is 27.0 Å². The molecule has 0 spiro atoms. The third-order valence-corrected chi connectivity index (χ3v) is 4.12. The van der Waals surface area contributed by atoms with E-state index in [2.05, 4.69) is 4.74 Å². The zero-order chi connectivity index (χ0) is 21.6. The third-order valence-electron chi connectivity index (χ3n) is 4.12. The topological polar surface area (TPSA) is 55.8 Å². The lowest BCUT2D eigenvalue weighted by Gasteiger charge is -2.12. The molecule has 154 valence electrons. The highest BCUT2D eigenvalue weighted by atomic mass is 19.3. The molecular weight excluding hydrogens is 380 g/mol. The van der Waals surface area contributed by atoms with Gasteiger partial charge < -0.3 is 14.4 Å². The van der Waals surface area contributed by atoms with E-state index in [0.717, 1.165) is 0 Å². The summed E-state index contributed by atoms with van der Waals surface area (Å²) in [5.74, 6) is 0.251. The predicted molar refractivity (Wildman–Crippen MR) is 107 cm³/mol. The van der Waals surface area contributed by atoms with Gasteiger partial charge in [-0.2, -0.15) is 8.78 Å². The second-order valence-corrected chi connectivity index (χ2v) is 6.66. The number of hydrogen-bond acceptors (Lipinski definition) is 4. The van der Waals surface area contributed by atoms with E-state index >= 15 is 0 Å². The Bertz CT molecular complexity index is 883. The number of ketones is 1. The van der Waals surface area contributed by atoms with Gasteiger partial charge in [0.05, 0.1) is 0 Å². The highest BCUT2D eigenvalue weighted by Crippen LogP contribution is 2.27. The smallest absolute Gasteiger partial charge is 0.387 e. The molecule has 0 saturated heterocycles. The van der Waals surface area contributed by atoms with Gasteiger partial charge in [-0.3, -0.25) is 9.59 Å². The summed E-state index contributed by atoms with van der Waals surface area (Å²) in [4.78, 5) is 25.3. The quantitative estimate of drug-likeness (QED) is 0.488. The summed E-state index contributed by atoms with van der Waals surface area (Å²) in [5.41, 5.74) is 2.29. The predicted octanol–water partition coefficient (Wildman–Crippen LogP) is 4.27. The van der Waals surface area contributed by atoms with Crippen molar-refractivity contribution in [2.24, 2.45) is 0 Å². The summed E-state index contributed by atoms with van der Waals surface area (Å²) in [6.45, 7) is 0.376. The molecule has 0 aliphatic heterocycles. The number of amides is 1. The lowest BCUT2D eigenvalue weighted by atomic mass is 10.0. The van der Waals surface area contributed by atoms with E-state index in [9.17, 15) is 18.4 Å². The van der Waals surface area contributed by atoms with Crippen molar-refractivity contribution in [3.8, 4) is 11.5 Å². The van der Waals surface area contributed by atoms with Crippen LogP contribution in [0.25, 0.3) is 6.08 Å². The fourth-order valence-electron chi connectivity index (χ4n) is 2.61. The molecule has 0 atom stereocenters. The number of rotatable bonds is 8. The molecule has 5 nitrogen and oxygen atoms in total. The Balaban J connectivity index is 2.04. The molecule has 7 heteroatoms. The van der Waals surface area contributed by atoms with E-state index in [4.69, 9.17) is 4.74 Å². The molecule has 0 aliphatic carbocycles. The Hall–Kier alpha value is -3.22. The van der Waals surface area contributed by atoms with Crippen LogP contribution in [0.2, 0.25) is 0 Å². The van der Waals surface area contributed by atoms with Gasteiger partial charge in [0, 0.05) is 19.7 Å². The molecule has 2 aromatic rings. The van der Waals surface area contributed by atoms with E-state index < -0.39 is 6.61 Å². The second-order valence-electron chi connectivity index (χ2n) is 6.66. The number of carbonyl (C=O) groups excluding carboxylic acids is 2. The first-order chi connectivity index (χ1) is 13.7. The maximum Gasteiger partial charge on any atom is 0.387 e. The minimum absolute atomic E-state index is 0.0792. The molecule has 0 aromatic heterocycles. The molecule has 2 aromatic carbocycles. The van der Waals surface area contributed by atoms with Crippen molar-refractivity contribution in [2.45, 2.75) is 20.5 Å². The van der Waals surface area contributed by atoms with Crippen molar-refractivity contribution in [2.75, 3.05) is 20.7 Å². The van der Waals surface area contributed by atoms with Gasteiger partial charge in [0.15, 0.2) is 12.4 Å². The maximum absolute atomic E-state index is 12.5. The van der Waals surface area contributed by atoms with Gasteiger partial charge >= 0.3 is 6.61 Å². The summed E-state index contributed by atoms with van der Waals surface area (Å²) < 4.78 is 34.8. The van der Waals surface area contributed by atoms with E-state index in [1.54, 1.807) is 70.4 Å². The Labute approximate surface area is 168 Å². The van der Waals surface area contributed by atoms with Gasteiger partial charge in [0.2, 0.25) is 0 Å². The van der Waals surface area contributed by atoms with Crippen LogP contribution in [-0.2, 0) is 4.79 Å². The molecule has 0 aliphatic rings. The zero-order valence-corrected chi connectivity index (χ0v) is 16.7. The summed E-state index contributed by atoms with van der Waals surface area (Å²) in [6.07, 6.45) is 3.03. The van der Waals surface area contributed by atoms with Crippen LogP contribution in [-0.4, -0.2) is 43.9 Å². The molecule has 0 radical (unpaired) electrons. The fourth-order valence-corrected chi connectivity index (χ4v) is 2.61. The molecule has 0 fully saturated rings. The van der Waals surface area contributed by atoms with Crippen molar-refractivity contribution >= 4 is 17.8 Å². The highest BCUT2D eigenvalue weighted by molar-refractivity contribution is 6.06. The minimum Gasteiger partial charge on any atom is -0.484 e. The van der Waals surface area contributed by atoms with Crippen LogP contribution in [0.5, 0.6) is 11.5 Å². The monoisotopic (exact) mass is 403 g/mol. The van der Waals surface area contributed by atoms with E-state index in [1.807, 2.05) is 0 Å². The molecule has 0 saturated carbocycles. The second kappa shape index (κ2) is 9.82. The SMILES string of the molecule is Cc1cc(C=CC(=O)c2ccc(OCC(=O)N(C)C)cc2)cc(C)c1OC(F)F. The molecular formula is C22H23F2NO4.